The lowest BCUT2D eigenvalue weighted by molar-refractivity contribution is -0.141. The molecule has 1 fully saturated rings. The van der Waals surface area contributed by atoms with Crippen molar-refractivity contribution in [2.24, 2.45) is 0 Å². The molecule has 0 saturated heterocycles. The number of carbonyl (C=O) groups excluding carboxylic acids is 2. The van der Waals surface area contributed by atoms with Crippen molar-refractivity contribution in [2.75, 3.05) is 13.6 Å². The first-order valence-electron chi connectivity index (χ1n) is 13.8. The SMILES string of the molecule is CN(CC(=O)N(Cc1ccc(Cl)cc1Cl)C(Cc1ccccc1)C(=O)NC1CCCCC1)S(=O)(=O)c1ccc(Cl)cc1. The molecule has 0 bridgehead atoms. The van der Waals surface area contributed by atoms with E-state index in [0.717, 1.165) is 42.0 Å². The van der Waals surface area contributed by atoms with Gasteiger partial charge in [0, 0.05) is 41.1 Å². The fraction of sp³-hybridized carbons (Fsp3) is 0.355. The molecule has 1 unspecified atom stereocenters. The molecular formula is C31H34Cl3N3O4S. The Bertz CT molecular complexity index is 1480. The third-order valence-electron chi connectivity index (χ3n) is 7.46. The normalized spacial score (nSPS) is 14.9. The Balaban J connectivity index is 1.68. The average Bonchev–Trinajstić information content (AvgIpc) is 2.97. The first kappa shape index (κ1) is 32.3. The van der Waals surface area contributed by atoms with E-state index in [9.17, 15) is 18.0 Å². The molecular weight excluding hydrogens is 617 g/mol. The molecule has 0 spiro atoms. The van der Waals surface area contributed by atoms with E-state index in [-0.39, 0.29) is 29.8 Å². The first-order chi connectivity index (χ1) is 20.0. The molecule has 2 amide bonds. The van der Waals surface area contributed by atoms with Gasteiger partial charge >= 0.3 is 0 Å². The number of halogens is 3. The molecule has 3 aromatic carbocycles. The number of sulfonamides is 1. The molecule has 42 heavy (non-hydrogen) atoms. The fourth-order valence-corrected chi connectivity index (χ4v) is 6.80. The van der Waals surface area contributed by atoms with E-state index in [1.807, 2.05) is 30.3 Å². The Morgan fingerprint density at radius 3 is 2.19 bits per heavy atom. The van der Waals surface area contributed by atoms with Crippen molar-refractivity contribution in [2.45, 2.75) is 62.0 Å². The standard InChI is InChI=1S/C31H34Cl3N3O4S/c1-36(42(40,41)27-16-14-24(32)15-17-27)21-30(38)37(20-23-12-13-25(33)19-28(23)34)29(18-22-8-4-2-5-9-22)31(39)35-26-10-6-3-7-11-26/h2,4-5,8-9,12-17,19,26,29H,3,6-7,10-11,18,20-21H2,1H3,(H,35,39). The van der Waals surface area contributed by atoms with Gasteiger partial charge in [-0.15, -0.1) is 0 Å². The second-order valence-corrected chi connectivity index (χ2v) is 13.8. The van der Waals surface area contributed by atoms with Gasteiger partial charge in [-0.25, -0.2) is 8.42 Å². The maximum Gasteiger partial charge on any atom is 0.243 e. The highest BCUT2D eigenvalue weighted by Gasteiger charge is 2.34. The van der Waals surface area contributed by atoms with Crippen LogP contribution in [0.2, 0.25) is 15.1 Å². The monoisotopic (exact) mass is 649 g/mol. The zero-order chi connectivity index (χ0) is 30.3. The number of hydrogen-bond acceptors (Lipinski definition) is 4. The van der Waals surface area contributed by atoms with E-state index >= 15 is 0 Å². The predicted molar refractivity (Wildman–Crippen MR) is 167 cm³/mol. The molecule has 0 aromatic heterocycles. The van der Waals surface area contributed by atoms with Crippen molar-refractivity contribution >= 4 is 56.6 Å². The molecule has 0 heterocycles. The van der Waals surface area contributed by atoms with Crippen LogP contribution in [0, 0.1) is 0 Å². The Morgan fingerprint density at radius 1 is 0.905 bits per heavy atom. The molecule has 4 rings (SSSR count). The van der Waals surface area contributed by atoms with Gasteiger partial charge in [-0.05, 0) is 60.4 Å². The van der Waals surface area contributed by atoms with Crippen molar-refractivity contribution < 1.29 is 18.0 Å². The van der Waals surface area contributed by atoms with E-state index in [1.54, 1.807) is 18.2 Å². The third kappa shape index (κ3) is 8.48. The van der Waals surface area contributed by atoms with Crippen LogP contribution in [0.5, 0.6) is 0 Å². The maximum atomic E-state index is 14.0. The van der Waals surface area contributed by atoms with Crippen LogP contribution in [0.25, 0.3) is 0 Å². The van der Waals surface area contributed by atoms with Gasteiger partial charge in [0.25, 0.3) is 0 Å². The molecule has 1 aliphatic carbocycles. The molecule has 1 atom stereocenters. The van der Waals surface area contributed by atoms with Crippen molar-refractivity contribution in [3.05, 3.63) is 99.0 Å². The highest BCUT2D eigenvalue weighted by Crippen LogP contribution is 2.25. The van der Waals surface area contributed by atoms with E-state index in [2.05, 4.69) is 5.32 Å². The van der Waals surface area contributed by atoms with Crippen molar-refractivity contribution in [1.82, 2.24) is 14.5 Å². The molecule has 3 aromatic rings. The molecule has 1 N–H and O–H groups in total. The number of amides is 2. The van der Waals surface area contributed by atoms with Gasteiger partial charge < -0.3 is 10.2 Å². The summed E-state index contributed by atoms with van der Waals surface area (Å²) in [5.74, 6) is -0.826. The van der Waals surface area contributed by atoms with Crippen LogP contribution in [0.3, 0.4) is 0 Å². The lowest BCUT2D eigenvalue weighted by Gasteiger charge is -2.34. The topological polar surface area (TPSA) is 86.8 Å². The summed E-state index contributed by atoms with van der Waals surface area (Å²) in [7, 11) is -2.68. The summed E-state index contributed by atoms with van der Waals surface area (Å²) in [6.07, 6.45) is 5.19. The molecule has 1 saturated carbocycles. The molecule has 0 aliphatic heterocycles. The van der Waals surface area contributed by atoms with Gasteiger partial charge in [0.2, 0.25) is 21.8 Å². The minimum Gasteiger partial charge on any atom is -0.352 e. The minimum absolute atomic E-state index is 0.00497. The highest BCUT2D eigenvalue weighted by atomic mass is 35.5. The van der Waals surface area contributed by atoms with Crippen molar-refractivity contribution in [3.63, 3.8) is 0 Å². The largest absolute Gasteiger partial charge is 0.352 e. The van der Waals surface area contributed by atoms with Crippen LogP contribution in [0.1, 0.15) is 43.2 Å². The van der Waals surface area contributed by atoms with Gasteiger partial charge in [0.05, 0.1) is 11.4 Å². The predicted octanol–water partition coefficient (Wildman–Crippen LogP) is 6.36. The van der Waals surface area contributed by atoms with Crippen LogP contribution in [-0.4, -0.2) is 55.1 Å². The lowest BCUT2D eigenvalue weighted by Crippen LogP contribution is -2.54. The van der Waals surface area contributed by atoms with E-state index in [0.29, 0.717) is 20.6 Å². The number of benzene rings is 3. The fourth-order valence-electron chi connectivity index (χ4n) is 5.08. The summed E-state index contributed by atoms with van der Waals surface area (Å²) in [5, 5.41) is 4.34. The van der Waals surface area contributed by atoms with Gasteiger partial charge in [-0.1, -0.05) is 90.5 Å². The second-order valence-electron chi connectivity index (χ2n) is 10.5. The average molecular weight is 651 g/mol. The Morgan fingerprint density at radius 2 is 1.55 bits per heavy atom. The van der Waals surface area contributed by atoms with Gasteiger partial charge in [-0.3, -0.25) is 9.59 Å². The first-order valence-corrected chi connectivity index (χ1v) is 16.4. The summed E-state index contributed by atoms with van der Waals surface area (Å²) in [6, 6.07) is 19.2. The van der Waals surface area contributed by atoms with Crippen LogP contribution in [-0.2, 0) is 32.6 Å². The number of likely N-dealkylation sites (N-methyl/N-ethyl adjacent to an activating group) is 1. The highest BCUT2D eigenvalue weighted by molar-refractivity contribution is 7.89. The quantitative estimate of drug-likeness (QED) is 0.262. The summed E-state index contributed by atoms with van der Waals surface area (Å²) >= 11 is 18.6. The van der Waals surface area contributed by atoms with E-state index in [1.165, 1.54) is 36.2 Å². The Hall–Kier alpha value is -2.62. The third-order valence-corrected chi connectivity index (χ3v) is 10.1. The summed E-state index contributed by atoms with van der Waals surface area (Å²) in [4.78, 5) is 29.4. The lowest BCUT2D eigenvalue weighted by atomic mass is 9.94. The molecule has 0 radical (unpaired) electrons. The molecule has 7 nitrogen and oxygen atoms in total. The summed E-state index contributed by atoms with van der Waals surface area (Å²) in [6.45, 7) is -0.503. The number of rotatable bonds is 11. The van der Waals surface area contributed by atoms with E-state index < -0.39 is 28.5 Å². The Labute approximate surface area is 262 Å². The molecule has 224 valence electrons. The van der Waals surface area contributed by atoms with Crippen LogP contribution < -0.4 is 5.32 Å². The van der Waals surface area contributed by atoms with Gasteiger partial charge in [0.1, 0.15) is 6.04 Å². The van der Waals surface area contributed by atoms with Crippen molar-refractivity contribution in [3.8, 4) is 0 Å². The molecule has 1 aliphatic rings. The Kier molecular flexibility index (Phi) is 11.3. The van der Waals surface area contributed by atoms with Crippen LogP contribution >= 0.6 is 34.8 Å². The van der Waals surface area contributed by atoms with Crippen LogP contribution in [0.4, 0.5) is 0 Å². The minimum atomic E-state index is -4.02. The van der Waals surface area contributed by atoms with Crippen molar-refractivity contribution in [1.29, 1.82) is 0 Å². The number of nitrogens with zero attached hydrogens (tertiary/aromatic N) is 2. The van der Waals surface area contributed by atoms with Crippen LogP contribution in [0.15, 0.2) is 77.7 Å². The zero-order valence-electron chi connectivity index (χ0n) is 23.3. The summed E-state index contributed by atoms with van der Waals surface area (Å²) < 4.78 is 27.6. The maximum absolute atomic E-state index is 14.0. The number of nitrogens with one attached hydrogen (secondary N) is 1. The smallest absolute Gasteiger partial charge is 0.243 e. The zero-order valence-corrected chi connectivity index (χ0v) is 26.4. The summed E-state index contributed by atoms with van der Waals surface area (Å²) in [5.41, 5.74) is 1.45. The van der Waals surface area contributed by atoms with Gasteiger partial charge in [-0.2, -0.15) is 4.31 Å². The molecule has 11 heteroatoms. The van der Waals surface area contributed by atoms with E-state index in [4.69, 9.17) is 34.8 Å². The number of hydrogen-bond donors (Lipinski definition) is 1. The second kappa shape index (κ2) is 14.7. The number of carbonyl (C=O) groups is 2. The van der Waals surface area contributed by atoms with Gasteiger partial charge in [0.15, 0.2) is 0 Å².